The van der Waals surface area contributed by atoms with Crippen molar-refractivity contribution in [2.24, 2.45) is 0 Å². The van der Waals surface area contributed by atoms with Gasteiger partial charge in [0.2, 0.25) is 0 Å². The monoisotopic (exact) mass is 406 g/mol. The molecule has 0 bridgehead atoms. The Morgan fingerprint density at radius 3 is 2.42 bits per heavy atom. The Bertz CT molecular complexity index is 721. The van der Waals surface area contributed by atoms with E-state index in [4.69, 9.17) is 0 Å². The summed E-state index contributed by atoms with van der Waals surface area (Å²) in [5, 5.41) is 1.77. The number of hydrogen-bond acceptors (Lipinski definition) is 1. The molecule has 0 atom stereocenters. The van der Waals surface area contributed by atoms with Gasteiger partial charge in [-0.15, -0.1) is 0 Å². The predicted octanol–water partition coefficient (Wildman–Crippen LogP) is 5.90. The highest BCUT2D eigenvalue weighted by Crippen LogP contribution is 2.40. The minimum Gasteiger partial charge on any atom is -0.374 e. The van der Waals surface area contributed by atoms with E-state index >= 15 is 0 Å². The highest BCUT2D eigenvalue weighted by atomic mass is 79.9. The van der Waals surface area contributed by atoms with Gasteiger partial charge in [-0.25, -0.2) is 0 Å². The van der Waals surface area contributed by atoms with Gasteiger partial charge in [0.1, 0.15) is 0 Å². The van der Waals surface area contributed by atoms with E-state index < -0.39 is 8.24 Å². The van der Waals surface area contributed by atoms with Crippen molar-refractivity contribution in [3.63, 3.8) is 0 Å². The standard InChI is InChI=1S/C20H31BrN2Si/c1-20(2,3)24(4,5)23-15-16(10-13-22-11-6-7-12-22)18-14-17(21)8-9-19(18)23/h8-9,14-15H,6-7,10-13H2,1-5H3. The van der Waals surface area contributed by atoms with Gasteiger partial charge in [-0.2, -0.15) is 0 Å². The summed E-state index contributed by atoms with van der Waals surface area (Å²) in [5.41, 5.74) is 2.93. The van der Waals surface area contributed by atoms with Crippen LogP contribution in [0.2, 0.25) is 18.1 Å². The molecule has 0 amide bonds. The normalized spacial score (nSPS) is 17.1. The minimum absolute atomic E-state index is 0.332. The van der Waals surface area contributed by atoms with E-state index in [9.17, 15) is 0 Å². The summed E-state index contributed by atoms with van der Waals surface area (Å²) >= 11 is 3.67. The van der Waals surface area contributed by atoms with Crippen molar-refractivity contribution in [3.05, 3.63) is 34.4 Å². The van der Waals surface area contributed by atoms with E-state index in [2.05, 4.69) is 83.3 Å². The molecule has 2 nitrogen and oxygen atoms in total. The van der Waals surface area contributed by atoms with Gasteiger partial charge in [-0.1, -0.05) is 49.8 Å². The molecule has 1 aliphatic heterocycles. The fourth-order valence-corrected chi connectivity index (χ4v) is 5.94. The molecule has 0 saturated carbocycles. The lowest BCUT2D eigenvalue weighted by molar-refractivity contribution is 0.344. The lowest BCUT2D eigenvalue weighted by atomic mass is 10.1. The average Bonchev–Trinajstić information content (AvgIpc) is 3.11. The lowest BCUT2D eigenvalue weighted by Crippen LogP contribution is -2.44. The van der Waals surface area contributed by atoms with Crippen molar-refractivity contribution in [1.82, 2.24) is 9.13 Å². The first-order valence-corrected chi connectivity index (χ1v) is 13.0. The molecule has 132 valence electrons. The summed E-state index contributed by atoms with van der Waals surface area (Å²) < 4.78 is 3.83. The van der Waals surface area contributed by atoms with Crippen LogP contribution < -0.4 is 0 Å². The van der Waals surface area contributed by atoms with Crippen LogP contribution in [0.1, 0.15) is 39.2 Å². The lowest BCUT2D eigenvalue weighted by Gasteiger charge is -2.38. The summed E-state index contributed by atoms with van der Waals surface area (Å²) in [5.74, 6) is 0. The minimum atomic E-state index is -1.61. The molecular formula is C20H31BrN2Si. The summed E-state index contributed by atoms with van der Waals surface area (Å²) in [4.78, 5) is 2.62. The number of hydrogen-bond donors (Lipinski definition) is 0. The van der Waals surface area contributed by atoms with E-state index in [1.54, 1.807) is 0 Å². The average molecular weight is 407 g/mol. The molecule has 4 heteroatoms. The van der Waals surface area contributed by atoms with Crippen LogP contribution in [0.15, 0.2) is 28.9 Å². The van der Waals surface area contributed by atoms with E-state index in [0.717, 1.165) is 6.42 Å². The predicted molar refractivity (Wildman–Crippen MR) is 112 cm³/mol. The van der Waals surface area contributed by atoms with Crippen molar-refractivity contribution in [2.45, 2.75) is 58.2 Å². The molecule has 0 aliphatic carbocycles. The van der Waals surface area contributed by atoms with E-state index in [-0.39, 0.29) is 0 Å². The molecule has 2 aromatic rings. The second-order valence-corrected chi connectivity index (χ2v) is 14.8. The van der Waals surface area contributed by atoms with Gasteiger partial charge in [0, 0.05) is 21.9 Å². The van der Waals surface area contributed by atoms with Gasteiger partial charge in [-0.05, 0) is 67.3 Å². The van der Waals surface area contributed by atoms with Crippen molar-refractivity contribution in [2.75, 3.05) is 19.6 Å². The van der Waals surface area contributed by atoms with Gasteiger partial charge in [0.25, 0.3) is 0 Å². The zero-order valence-corrected chi connectivity index (χ0v) is 18.4. The third-order valence-corrected chi connectivity index (χ3v) is 11.9. The van der Waals surface area contributed by atoms with Crippen molar-refractivity contribution in [1.29, 1.82) is 0 Å². The van der Waals surface area contributed by atoms with E-state index in [1.165, 1.54) is 53.4 Å². The van der Waals surface area contributed by atoms with Crippen LogP contribution in [0.3, 0.4) is 0 Å². The maximum absolute atomic E-state index is 3.67. The zero-order chi connectivity index (χ0) is 17.5. The maximum Gasteiger partial charge on any atom is 0.161 e. The Hall–Kier alpha value is -0.583. The molecule has 24 heavy (non-hydrogen) atoms. The van der Waals surface area contributed by atoms with E-state index in [0.29, 0.717) is 5.04 Å². The molecule has 1 saturated heterocycles. The molecule has 1 aromatic heterocycles. The Morgan fingerprint density at radius 2 is 1.79 bits per heavy atom. The number of benzene rings is 1. The summed E-state index contributed by atoms with van der Waals surface area (Å²) in [6.45, 7) is 15.9. The number of nitrogens with zero attached hydrogens (tertiary/aromatic N) is 2. The second-order valence-electron chi connectivity index (χ2n) is 8.79. The molecule has 2 heterocycles. The summed E-state index contributed by atoms with van der Waals surface area (Å²) in [6, 6.07) is 6.81. The van der Waals surface area contributed by atoms with Crippen LogP contribution in [0, 0.1) is 0 Å². The first kappa shape index (κ1) is 18.2. The summed E-state index contributed by atoms with van der Waals surface area (Å²) in [6.07, 6.45) is 6.38. The van der Waals surface area contributed by atoms with Crippen molar-refractivity contribution < 1.29 is 0 Å². The van der Waals surface area contributed by atoms with Crippen LogP contribution in [0.5, 0.6) is 0 Å². The van der Waals surface area contributed by atoms with Gasteiger partial charge >= 0.3 is 0 Å². The Labute approximate surface area is 156 Å². The Balaban J connectivity index is 2.01. The van der Waals surface area contributed by atoms with Crippen LogP contribution >= 0.6 is 15.9 Å². The topological polar surface area (TPSA) is 8.17 Å². The van der Waals surface area contributed by atoms with Crippen LogP contribution in [-0.4, -0.2) is 37.0 Å². The number of halogens is 1. The number of rotatable bonds is 4. The largest absolute Gasteiger partial charge is 0.374 e. The first-order valence-electron chi connectivity index (χ1n) is 9.22. The van der Waals surface area contributed by atoms with Gasteiger partial charge < -0.3 is 9.13 Å². The van der Waals surface area contributed by atoms with Gasteiger partial charge in [0.15, 0.2) is 8.24 Å². The zero-order valence-electron chi connectivity index (χ0n) is 15.8. The van der Waals surface area contributed by atoms with Gasteiger partial charge in [0.05, 0.1) is 0 Å². The molecule has 1 aliphatic rings. The van der Waals surface area contributed by atoms with E-state index in [1.807, 2.05) is 0 Å². The molecule has 0 N–H and O–H groups in total. The number of likely N-dealkylation sites (tertiary alicyclic amines) is 1. The maximum atomic E-state index is 3.67. The third kappa shape index (κ3) is 3.38. The van der Waals surface area contributed by atoms with Gasteiger partial charge in [-0.3, -0.25) is 0 Å². The first-order chi connectivity index (χ1) is 11.2. The third-order valence-electron chi connectivity index (χ3n) is 6.18. The fourth-order valence-electron chi connectivity index (χ4n) is 3.58. The highest BCUT2D eigenvalue weighted by molar-refractivity contribution is 9.10. The molecule has 3 rings (SSSR count). The van der Waals surface area contributed by atoms with Crippen LogP contribution in [0.4, 0.5) is 0 Å². The quantitative estimate of drug-likeness (QED) is 0.573. The SMILES string of the molecule is CC(C)(C)[Si](C)(C)n1cc(CCN2CCCC2)c2cc(Br)ccc21. The highest BCUT2D eigenvalue weighted by Gasteiger charge is 2.38. The smallest absolute Gasteiger partial charge is 0.161 e. The molecular weight excluding hydrogens is 376 g/mol. The second kappa shape index (κ2) is 6.62. The van der Waals surface area contributed by atoms with Crippen LogP contribution in [0.25, 0.3) is 10.9 Å². The number of aromatic nitrogens is 1. The molecule has 0 radical (unpaired) electrons. The molecule has 0 spiro atoms. The Morgan fingerprint density at radius 1 is 1.12 bits per heavy atom. The van der Waals surface area contributed by atoms with Crippen LogP contribution in [-0.2, 0) is 6.42 Å². The van der Waals surface area contributed by atoms with Crippen molar-refractivity contribution >= 4 is 35.1 Å². The Kier molecular flexibility index (Phi) is 5.02. The molecule has 0 unspecified atom stereocenters. The molecule has 1 fully saturated rings. The molecule has 1 aromatic carbocycles. The number of fused-ring (bicyclic) bond motifs is 1. The fraction of sp³-hybridized carbons (Fsp3) is 0.600. The summed E-state index contributed by atoms with van der Waals surface area (Å²) in [7, 11) is -1.61. The van der Waals surface area contributed by atoms with Crippen molar-refractivity contribution in [3.8, 4) is 0 Å².